The summed E-state index contributed by atoms with van der Waals surface area (Å²) in [6.45, 7) is 7.75. The number of rotatable bonds is 5. The number of nitrogens with one attached hydrogen (secondary N) is 1. The highest BCUT2D eigenvalue weighted by atomic mass is 16.5. The second-order valence-electron chi connectivity index (χ2n) is 6.50. The summed E-state index contributed by atoms with van der Waals surface area (Å²) in [6.07, 6.45) is 6.00. The lowest BCUT2D eigenvalue weighted by Gasteiger charge is -2.37. The molecule has 1 saturated carbocycles. The molecule has 0 spiro atoms. The first kappa shape index (κ1) is 15.3. The minimum Gasteiger partial charge on any atom is -0.490 e. The summed E-state index contributed by atoms with van der Waals surface area (Å²) in [5, 5.41) is 3.13. The highest BCUT2D eigenvalue weighted by Gasteiger charge is 2.32. The fourth-order valence-corrected chi connectivity index (χ4v) is 3.23. The maximum atomic E-state index is 6.32. The van der Waals surface area contributed by atoms with Crippen molar-refractivity contribution in [2.45, 2.75) is 52.7 Å². The summed E-state index contributed by atoms with van der Waals surface area (Å²) in [7, 11) is 1.94. The first-order valence-electron chi connectivity index (χ1n) is 7.86. The molecule has 2 rings (SSSR count). The fourth-order valence-electron chi connectivity index (χ4n) is 3.23. The van der Waals surface area contributed by atoms with Crippen LogP contribution in [0.5, 0.6) is 5.75 Å². The van der Waals surface area contributed by atoms with E-state index in [9.17, 15) is 0 Å². The van der Waals surface area contributed by atoms with Gasteiger partial charge in [-0.3, -0.25) is 4.98 Å². The van der Waals surface area contributed by atoms with E-state index in [1.165, 1.54) is 19.3 Å². The average Bonchev–Trinajstić information content (AvgIpc) is 2.39. The summed E-state index contributed by atoms with van der Waals surface area (Å²) in [5.74, 6) is 3.10. The van der Waals surface area contributed by atoms with E-state index in [-0.39, 0.29) is 0 Å². The Hall–Kier alpha value is -1.09. The molecule has 0 saturated heterocycles. The van der Waals surface area contributed by atoms with Crippen LogP contribution in [0.3, 0.4) is 0 Å². The molecule has 1 aromatic rings. The second kappa shape index (κ2) is 7.07. The van der Waals surface area contributed by atoms with E-state index < -0.39 is 0 Å². The molecular formula is C17H28N2O. The van der Waals surface area contributed by atoms with Gasteiger partial charge in [-0.2, -0.15) is 0 Å². The van der Waals surface area contributed by atoms with Gasteiger partial charge in [0.05, 0.1) is 5.69 Å². The molecule has 1 aromatic heterocycles. The van der Waals surface area contributed by atoms with Gasteiger partial charge >= 0.3 is 0 Å². The number of hydrogen-bond acceptors (Lipinski definition) is 3. The van der Waals surface area contributed by atoms with E-state index in [0.29, 0.717) is 17.9 Å². The van der Waals surface area contributed by atoms with Crippen molar-refractivity contribution >= 4 is 0 Å². The Morgan fingerprint density at radius 1 is 1.40 bits per heavy atom. The van der Waals surface area contributed by atoms with E-state index in [1.807, 2.05) is 19.3 Å². The molecule has 3 nitrogen and oxygen atoms in total. The van der Waals surface area contributed by atoms with E-state index >= 15 is 0 Å². The third-order valence-electron chi connectivity index (χ3n) is 4.39. The van der Waals surface area contributed by atoms with E-state index in [2.05, 4.69) is 37.1 Å². The quantitative estimate of drug-likeness (QED) is 0.891. The summed E-state index contributed by atoms with van der Waals surface area (Å²) in [4.78, 5) is 4.35. The van der Waals surface area contributed by atoms with Crippen molar-refractivity contribution < 1.29 is 4.74 Å². The van der Waals surface area contributed by atoms with Gasteiger partial charge in [0.2, 0.25) is 0 Å². The Bertz CT molecular complexity index is 419. The largest absolute Gasteiger partial charge is 0.490 e. The van der Waals surface area contributed by atoms with Gasteiger partial charge in [0, 0.05) is 18.8 Å². The van der Waals surface area contributed by atoms with Gasteiger partial charge < -0.3 is 10.1 Å². The minimum atomic E-state index is 0.351. The van der Waals surface area contributed by atoms with Gasteiger partial charge in [0.15, 0.2) is 0 Å². The van der Waals surface area contributed by atoms with Gasteiger partial charge in [-0.15, -0.1) is 0 Å². The van der Waals surface area contributed by atoms with Crippen molar-refractivity contribution in [1.29, 1.82) is 0 Å². The van der Waals surface area contributed by atoms with Crippen LogP contribution in [-0.2, 0) is 6.54 Å². The normalized spacial score (nSPS) is 26.8. The zero-order valence-electron chi connectivity index (χ0n) is 13.2. The third kappa shape index (κ3) is 3.95. The second-order valence-corrected chi connectivity index (χ2v) is 6.50. The van der Waals surface area contributed by atoms with Crippen molar-refractivity contribution in [3.63, 3.8) is 0 Å². The van der Waals surface area contributed by atoms with E-state index in [1.54, 1.807) is 0 Å². The number of pyridine rings is 1. The Kier molecular flexibility index (Phi) is 5.41. The molecule has 0 amide bonds. The molecule has 20 heavy (non-hydrogen) atoms. The summed E-state index contributed by atoms with van der Waals surface area (Å²) in [6, 6.07) is 4.04. The van der Waals surface area contributed by atoms with Gasteiger partial charge in [0.1, 0.15) is 11.9 Å². The molecule has 112 valence electrons. The van der Waals surface area contributed by atoms with Crippen LogP contribution in [0.15, 0.2) is 18.3 Å². The SMILES string of the molecule is CNCc1cc(OC2CC(C)CCC2C(C)C)ccn1. The van der Waals surface area contributed by atoms with E-state index in [4.69, 9.17) is 4.74 Å². The average molecular weight is 276 g/mol. The standard InChI is InChI=1S/C17H28N2O/c1-12(2)16-6-5-13(3)9-17(16)20-15-7-8-19-14(10-15)11-18-4/h7-8,10,12-13,16-18H,5-6,9,11H2,1-4H3. The monoisotopic (exact) mass is 276 g/mol. The van der Waals surface area contributed by atoms with Crippen LogP contribution in [0.2, 0.25) is 0 Å². The van der Waals surface area contributed by atoms with Crippen molar-refractivity contribution in [1.82, 2.24) is 10.3 Å². The van der Waals surface area contributed by atoms with Crippen molar-refractivity contribution in [3.8, 4) is 5.75 Å². The number of ether oxygens (including phenoxy) is 1. The molecule has 1 aliphatic carbocycles. The molecule has 0 aliphatic heterocycles. The van der Waals surface area contributed by atoms with Crippen molar-refractivity contribution in [2.24, 2.45) is 17.8 Å². The van der Waals surface area contributed by atoms with E-state index in [0.717, 1.165) is 23.9 Å². The predicted octanol–water partition coefficient (Wildman–Crippen LogP) is 3.64. The molecule has 1 aliphatic rings. The molecule has 1 fully saturated rings. The Morgan fingerprint density at radius 2 is 2.20 bits per heavy atom. The number of hydrogen-bond donors (Lipinski definition) is 1. The topological polar surface area (TPSA) is 34.1 Å². The van der Waals surface area contributed by atoms with Crippen molar-refractivity contribution in [2.75, 3.05) is 7.05 Å². The first-order valence-corrected chi connectivity index (χ1v) is 7.86. The van der Waals surface area contributed by atoms with Gasteiger partial charge in [-0.1, -0.05) is 27.2 Å². The molecule has 0 bridgehead atoms. The summed E-state index contributed by atoms with van der Waals surface area (Å²) in [5.41, 5.74) is 1.04. The van der Waals surface area contributed by atoms with Gasteiger partial charge in [0.25, 0.3) is 0 Å². The lowest BCUT2D eigenvalue weighted by molar-refractivity contribution is 0.0459. The fraction of sp³-hybridized carbons (Fsp3) is 0.706. The molecule has 0 aromatic carbocycles. The molecule has 1 heterocycles. The summed E-state index contributed by atoms with van der Waals surface area (Å²) >= 11 is 0. The molecular weight excluding hydrogens is 248 g/mol. The van der Waals surface area contributed by atoms with Crippen LogP contribution in [0, 0.1) is 17.8 Å². The maximum absolute atomic E-state index is 6.32. The molecule has 0 radical (unpaired) electrons. The van der Waals surface area contributed by atoms with Crippen LogP contribution < -0.4 is 10.1 Å². The zero-order chi connectivity index (χ0) is 14.5. The lowest BCUT2D eigenvalue weighted by atomic mass is 9.75. The van der Waals surface area contributed by atoms with Crippen LogP contribution in [0.1, 0.15) is 45.7 Å². The lowest BCUT2D eigenvalue weighted by Crippen LogP contribution is -2.36. The third-order valence-corrected chi connectivity index (χ3v) is 4.39. The van der Waals surface area contributed by atoms with Crippen LogP contribution in [0.25, 0.3) is 0 Å². The maximum Gasteiger partial charge on any atom is 0.123 e. The van der Waals surface area contributed by atoms with Crippen molar-refractivity contribution in [3.05, 3.63) is 24.0 Å². The molecule has 3 unspecified atom stereocenters. The minimum absolute atomic E-state index is 0.351. The van der Waals surface area contributed by atoms with Crippen LogP contribution in [0.4, 0.5) is 0 Å². The Labute approximate surface area is 123 Å². The number of nitrogens with zero attached hydrogens (tertiary/aromatic N) is 1. The predicted molar refractivity (Wildman–Crippen MR) is 82.8 cm³/mol. The van der Waals surface area contributed by atoms with Gasteiger partial charge in [-0.25, -0.2) is 0 Å². The van der Waals surface area contributed by atoms with Gasteiger partial charge in [-0.05, 0) is 43.7 Å². The first-order chi connectivity index (χ1) is 9.60. The molecule has 1 N–H and O–H groups in total. The molecule has 3 heteroatoms. The Balaban J connectivity index is 2.07. The smallest absolute Gasteiger partial charge is 0.123 e. The highest BCUT2D eigenvalue weighted by molar-refractivity contribution is 5.23. The van der Waals surface area contributed by atoms with Crippen LogP contribution in [-0.4, -0.2) is 18.1 Å². The molecule has 3 atom stereocenters. The van der Waals surface area contributed by atoms with Crippen LogP contribution >= 0.6 is 0 Å². The number of aromatic nitrogens is 1. The highest BCUT2D eigenvalue weighted by Crippen LogP contribution is 2.35. The Morgan fingerprint density at radius 3 is 2.90 bits per heavy atom. The zero-order valence-corrected chi connectivity index (χ0v) is 13.2. The summed E-state index contributed by atoms with van der Waals surface area (Å²) < 4.78 is 6.32.